The first-order chi connectivity index (χ1) is 13.5. The molecular formula is C20H21FN4OS2. The van der Waals surface area contributed by atoms with Gasteiger partial charge >= 0.3 is 0 Å². The fraction of sp³-hybridized carbons (Fsp3) is 0.250. The molecule has 0 saturated heterocycles. The Morgan fingerprint density at radius 2 is 2.18 bits per heavy atom. The lowest BCUT2D eigenvalue weighted by atomic mass is 10.1. The number of halogens is 1. The number of rotatable bonds is 8. The molecule has 0 unspecified atom stereocenters. The summed E-state index contributed by atoms with van der Waals surface area (Å²) in [6.45, 7) is 8.64. The number of thioether (sulfide) groups is 1. The molecule has 0 atom stereocenters. The topological polar surface area (TPSA) is 59.8 Å². The number of hydrogen-bond acceptors (Lipinski definition) is 5. The fourth-order valence-electron chi connectivity index (χ4n) is 2.55. The number of allylic oxidation sites excluding steroid dienone is 1. The molecule has 0 spiro atoms. The van der Waals surface area contributed by atoms with Gasteiger partial charge in [0.05, 0.1) is 11.4 Å². The first-order valence-corrected chi connectivity index (χ1v) is 10.7. The number of nitrogens with one attached hydrogen (secondary N) is 1. The molecule has 0 aliphatic carbocycles. The highest BCUT2D eigenvalue weighted by atomic mass is 32.2. The largest absolute Gasteiger partial charge is 0.323 e. The van der Waals surface area contributed by atoms with Crippen LogP contribution in [-0.2, 0) is 11.3 Å². The third-order valence-electron chi connectivity index (χ3n) is 3.96. The van der Waals surface area contributed by atoms with E-state index in [0.717, 1.165) is 11.4 Å². The highest BCUT2D eigenvalue weighted by Gasteiger charge is 2.17. The number of carbonyl (C=O) groups is 1. The molecule has 2 aromatic heterocycles. The van der Waals surface area contributed by atoms with E-state index in [1.165, 1.54) is 28.8 Å². The second kappa shape index (κ2) is 9.16. The number of thiophene rings is 1. The monoisotopic (exact) mass is 416 g/mol. The molecule has 0 aliphatic rings. The molecule has 0 bridgehead atoms. The summed E-state index contributed by atoms with van der Waals surface area (Å²) in [6.07, 6.45) is 1.77. The van der Waals surface area contributed by atoms with Crippen LogP contribution in [0.25, 0.3) is 11.4 Å². The van der Waals surface area contributed by atoms with Crippen LogP contribution in [0.3, 0.4) is 0 Å². The van der Waals surface area contributed by atoms with Crippen molar-refractivity contribution in [3.8, 4) is 11.4 Å². The first kappa shape index (κ1) is 20.3. The van der Waals surface area contributed by atoms with E-state index in [0.29, 0.717) is 17.6 Å². The van der Waals surface area contributed by atoms with Crippen molar-refractivity contribution in [2.75, 3.05) is 11.1 Å². The molecule has 146 valence electrons. The standard InChI is InChI=1S/C20H21FN4OS2/c1-4-9-25-19(14-10-17(13(2)3)27-11-14)23-24-20(25)28-12-18(26)22-16-8-6-5-7-15(16)21/h4-8,10-11,13H,1,9,12H2,2-3H3,(H,22,26). The SMILES string of the molecule is C=CCn1c(SCC(=O)Nc2ccccc2F)nnc1-c1csc(C(C)C)c1. The predicted octanol–water partition coefficient (Wildman–Crippen LogP) is 5.19. The smallest absolute Gasteiger partial charge is 0.234 e. The quantitative estimate of drug-likeness (QED) is 0.406. The lowest BCUT2D eigenvalue weighted by molar-refractivity contribution is -0.113. The molecule has 1 N–H and O–H groups in total. The minimum Gasteiger partial charge on any atom is -0.323 e. The van der Waals surface area contributed by atoms with E-state index in [2.05, 4.69) is 47.4 Å². The van der Waals surface area contributed by atoms with Crippen molar-refractivity contribution in [3.05, 3.63) is 59.1 Å². The van der Waals surface area contributed by atoms with E-state index in [4.69, 9.17) is 0 Å². The van der Waals surface area contributed by atoms with Crippen LogP contribution in [0.15, 0.2) is 53.5 Å². The van der Waals surface area contributed by atoms with Gasteiger partial charge in [-0.1, -0.05) is 43.8 Å². The Kier molecular flexibility index (Phi) is 6.64. The molecule has 2 heterocycles. The molecule has 1 amide bonds. The summed E-state index contributed by atoms with van der Waals surface area (Å²) in [6, 6.07) is 8.21. The number of nitrogens with zero attached hydrogens (tertiary/aromatic N) is 3. The number of para-hydroxylation sites is 1. The van der Waals surface area contributed by atoms with Crippen molar-refractivity contribution in [1.82, 2.24) is 14.8 Å². The predicted molar refractivity (Wildman–Crippen MR) is 113 cm³/mol. The van der Waals surface area contributed by atoms with Crippen LogP contribution in [0.4, 0.5) is 10.1 Å². The van der Waals surface area contributed by atoms with Crippen LogP contribution in [0.5, 0.6) is 0 Å². The van der Waals surface area contributed by atoms with Crippen LogP contribution >= 0.6 is 23.1 Å². The lowest BCUT2D eigenvalue weighted by Gasteiger charge is -2.08. The maximum absolute atomic E-state index is 13.7. The summed E-state index contributed by atoms with van der Waals surface area (Å²) in [5.74, 6) is 0.536. The molecule has 0 saturated carbocycles. The number of carbonyl (C=O) groups excluding carboxylic acids is 1. The van der Waals surface area contributed by atoms with E-state index in [1.54, 1.807) is 29.5 Å². The summed E-state index contributed by atoms with van der Waals surface area (Å²) in [5, 5.41) is 13.8. The minimum atomic E-state index is -0.462. The van der Waals surface area contributed by atoms with E-state index < -0.39 is 5.82 Å². The molecule has 8 heteroatoms. The van der Waals surface area contributed by atoms with Crippen molar-refractivity contribution >= 4 is 34.7 Å². The number of benzene rings is 1. The first-order valence-electron chi connectivity index (χ1n) is 8.79. The zero-order valence-corrected chi connectivity index (χ0v) is 17.3. The van der Waals surface area contributed by atoms with Gasteiger partial charge in [0.25, 0.3) is 0 Å². The number of hydrogen-bond donors (Lipinski definition) is 1. The Labute approximate surface area is 171 Å². The summed E-state index contributed by atoms with van der Waals surface area (Å²) in [4.78, 5) is 13.5. The van der Waals surface area contributed by atoms with Gasteiger partial charge in [-0.25, -0.2) is 4.39 Å². The zero-order chi connectivity index (χ0) is 20.1. The molecule has 0 aliphatic heterocycles. The maximum atomic E-state index is 13.7. The van der Waals surface area contributed by atoms with Gasteiger partial charge < -0.3 is 5.32 Å². The Morgan fingerprint density at radius 1 is 1.39 bits per heavy atom. The van der Waals surface area contributed by atoms with E-state index in [-0.39, 0.29) is 17.3 Å². The highest BCUT2D eigenvalue weighted by Crippen LogP contribution is 2.31. The molecular weight excluding hydrogens is 395 g/mol. The van der Waals surface area contributed by atoms with Gasteiger partial charge in [0, 0.05) is 22.4 Å². The second-order valence-corrected chi connectivity index (χ2v) is 8.30. The molecule has 5 nitrogen and oxygen atoms in total. The van der Waals surface area contributed by atoms with Crippen molar-refractivity contribution in [3.63, 3.8) is 0 Å². The second-order valence-electron chi connectivity index (χ2n) is 6.41. The van der Waals surface area contributed by atoms with Crippen molar-refractivity contribution in [2.24, 2.45) is 0 Å². The Hall–Kier alpha value is -2.45. The Bertz CT molecular complexity index is 980. The van der Waals surface area contributed by atoms with Crippen LogP contribution in [-0.4, -0.2) is 26.4 Å². The molecule has 3 rings (SSSR count). The van der Waals surface area contributed by atoms with Gasteiger partial charge in [-0.15, -0.1) is 28.1 Å². The van der Waals surface area contributed by atoms with Gasteiger partial charge in [-0.3, -0.25) is 9.36 Å². The van der Waals surface area contributed by atoms with Crippen LogP contribution in [0, 0.1) is 5.82 Å². The van der Waals surface area contributed by atoms with E-state index in [9.17, 15) is 9.18 Å². The third-order valence-corrected chi connectivity index (χ3v) is 6.16. The third kappa shape index (κ3) is 4.69. The Balaban J connectivity index is 1.73. The van der Waals surface area contributed by atoms with Gasteiger partial charge in [-0.2, -0.15) is 0 Å². The number of anilines is 1. The summed E-state index contributed by atoms with van der Waals surface area (Å²) >= 11 is 2.96. The minimum absolute atomic E-state index is 0.102. The summed E-state index contributed by atoms with van der Waals surface area (Å²) < 4.78 is 15.6. The average molecular weight is 417 g/mol. The molecule has 0 fully saturated rings. The van der Waals surface area contributed by atoms with Crippen molar-refractivity contribution in [1.29, 1.82) is 0 Å². The van der Waals surface area contributed by atoms with Gasteiger partial charge in [0.2, 0.25) is 5.91 Å². The molecule has 1 aromatic carbocycles. The molecule has 28 heavy (non-hydrogen) atoms. The van der Waals surface area contributed by atoms with Gasteiger partial charge in [0.15, 0.2) is 11.0 Å². The normalized spacial score (nSPS) is 11.0. The highest BCUT2D eigenvalue weighted by molar-refractivity contribution is 7.99. The van der Waals surface area contributed by atoms with E-state index in [1.807, 2.05) is 4.57 Å². The zero-order valence-electron chi connectivity index (χ0n) is 15.7. The van der Waals surface area contributed by atoms with Crippen LogP contribution in [0.2, 0.25) is 0 Å². The lowest BCUT2D eigenvalue weighted by Crippen LogP contribution is -2.15. The average Bonchev–Trinajstić information content (AvgIpc) is 3.29. The Morgan fingerprint density at radius 3 is 2.86 bits per heavy atom. The van der Waals surface area contributed by atoms with Gasteiger partial charge in [0.1, 0.15) is 5.82 Å². The van der Waals surface area contributed by atoms with Crippen LogP contribution < -0.4 is 5.32 Å². The molecule has 0 radical (unpaired) electrons. The maximum Gasteiger partial charge on any atom is 0.234 e. The fourth-order valence-corrected chi connectivity index (χ4v) is 4.21. The molecule has 3 aromatic rings. The van der Waals surface area contributed by atoms with E-state index >= 15 is 0 Å². The number of aromatic nitrogens is 3. The van der Waals surface area contributed by atoms with Gasteiger partial charge in [-0.05, 0) is 24.1 Å². The van der Waals surface area contributed by atoms with Crippen molar-refractivity contribution < 1.29 is 9.18 Å². The summed E-state index contributed by atoms with van der Waals surface area (Å²) in [5.41, 5.74) is 1.17. The van der Waals surface area contributed by atoms with Crippen LogP contribution in [0.1, 0.15) is 24.6 Å². The number of amides is 1. The summed E-state index contributed by atoms with van der Waals surface area (Å²) in [7, 11) is 0. The van der Waals surface area contributed by atoms with Crippen molar-refractivity contribution in [2.45, 2.75) is 31.5 Å².